The Bertz CT molecular complexity index is 884. The van der Waals surface area contributed by atoms with Crippen LogP contribution in [-0.2, 0) is 28.7 Å². The van der Waals surface area contributed by atoms with Crippen LogP contribution in [-0.4, -0.2) is 25.1 Å². The van der Waals surface area contributed by atoms with Crippen LogP contribution in [0.25, 0.3) is 0 Å². The molecule has 27 heavy (non-hydrogen) atoms. The van der Waals surface area contributed by atoms with E-state index in [-0.39, 0.29) is 13.2 Å². The van der Waals surface area contributed by atoms with Gasteiger partial charge < -0.3 is 13.8 Å². The summed E-state index contributed by atoms with van der Waals surface area (Å²) in [7, 11) is -3.37. The molecule has 0 spiro atoms. The fourth-order valence-electron chi connectivity index (χ4n) is 2.84. The topological polar surface area (TPSA) is 74.2 Å². The fraction of sp³-hybridized carbons (Fsp3) is 0.300. The number of hydrogen-bond donors (Lipinski definition) is 0. The van der Waals surface area contributed by atoms with Gasteiger partial charge in [-0.25, -0.2) is 9.79 Å². The molecule has 0 fully saturated rings. The van der Waals surface area contributed by atoms with E-state index in [0.717, 1.165) is 5.56 Å². The summed E-state index contributed by atoms with van der Waals surface area (Å²) >= 11 is 0. The second-order valence-electron chi connectivity index (χ2n) is 6.12. The zero-order chi connectivity index (χ0) is 19.5. The van der Waals surface area contributed by atoms with Gasteiger partial charge in [0, 0.05) is 5.56 Å². The molecule has 0 amide bonds. The van der Waals surface area contributed by atoms with Crippen LogP contribution in [0, 0.1) is 0 Å². The van der Waals surface area contributed by atoms with Crippen molar-refractivity contribution in [2.24, 2.45) is 4.99 Å². The summed E-state index contributed by atoms with van der Waals surface area (Å²) in [5, 5.41) is 0.442. The number of esters is 1. The molecule has 7 heteroatoms. The van der Waals surface area contributed by atoms with Crippen LogP contribution in [0.4, 0.5) is 0 Å². The van der Waals surface area contributed by atoms with E-state index in [2.05, 4.69) is 4.99 Å². The molecular formula is C20H22NO5P. The third-order valence-corrected chi connectivity index (χ3v) is 6.40. The Hall–Kier alpha value is -2.27. The van der Waals surface area contributed by atoms with Crippen LogP contribution >= 0.6 is 7.60 Å². The first-order valence-corrected chi connectivity index (χ1v) is 10.3. The lowest BCUT2D eigenvalue weighted by Crippen LogP contribution is -2.27. The molecular weight excluding hydrogens is 365 g/mol. The number of benzene rings is 2. The van der Waals surface area contributed by atoms with Gasteiger partial charge >= 0.3 is 13.6 Å². The molecule has 142 valence electrons. The summed E-state index contributed by atoms with van der Waals surface area (Å²) in [6, 6.07) is 16.0. The minimum absolute atomic E-state index is 0.272. The SMILES string of the molecule is CCOP(=O)(OCC)c1ccc([C@@]2(C)N=C(c3ccccc3)OC2=O)cc1. The molecule has 0 saturated heterocycles. The smallest absolute Gasteiger partial charge is 0.361 e. The maximum atomic E-state index is 12.9. The molecule has 0 radical (unpaired) electrons. The van der Waals surface area contributed by atoms with Gasteiger partial charge in [-0.15, -0.1) is 0 Å². The van der Waals surface area contributed by atoms with Gasteiger partial charge in [-0.2, -0.15) is 0 Å². The van der Waals surface area contributed by atoms with Crippen molar-refractivity contribution >= 4 is 24.8 Å². The predicted molar refractivity (Wildman–Crippen MR) is 103 cm³/mol. The Kier molecular flexibility index (Phi) is 5.61. The van der Waals surface area contributed by atoms with Crippen molar-refractivity contribution in [2.75, 3.05) is 13.2 Å². The summed E-state index contributed by atoms with van der Waals surface area (Å²) in [5.74, 6) is -0.159. The molecule has 2 aromatic carbocycles. The average molecular weight is 387 g/mol. The highest BCUT2D eigenvalue weighted by atomic mass is 31.2. The second-order valence-corrected chi connectivity index (χ2v) is 8.15. The van der Waals surface area contributed by atoms with Crippen molar-refractivity contribution in [3.8, 4) is 0 Å². The van der Waals surface area contributed by atoms with Crippen LogP contribution in [0.5, 0.6) is 0 Å². The van der Waals surface area contributed by atoms with Crippen LogP contribution in [0.3, 0.4) is 0 Å². The average Bonchev–Trinajstić information content (AvgIpc) is 2.99. The molecule has 1 heterocycles. The molecule has 1 atom stereocenters. The minimum Gasteiger partial charge on any atom is -0.405 e. The van der Waals surface area contributed by atoms with Gasteiger partial charge in [0.05, 0.1) is 18.5 Å². The fourth-order valence-corrected chi connectivity index (χ4v) is 4.41. The highest BCUT2D eigenvalue weighted by Gasteiger charge is 2.43. The first-order chi connectivity index (χ1) is 12.9. The van der Waals surface area contributed by atoms with E-state index in [1.165, 1.54) is 0 Å². The number of hydrogen-bond acceptors (Lipinski definition) is 6. The van der Waals surface area contributed by atoms with E-state index in [1.807, 2.05) is 30.3 Å². The Balaban J connectivity index is 1.93. The zero-order valence-corrected chi connectivity index (χ0v) is 16.4. The van der Waals surface area contributed by atoms with Gasteiger partial charge in [0.15, 0.2) is 5.54 Å². The van der Waals surface area contributed by atoms with E-state index in [9.17, 15) is 9.36 Å². The number of ether oxygens (including phenoxy) is 1. The predicted octanol–water partition coefficient (Wildman–Crippen LogP) is 3.80. The molecule has 0 bridgehead atoms. The minimum atomic E-state index is -3.37. The summed E-state index contributed by atoms with van der Waals surface area (Å²) < 4.78 is 29.0. The molecule has 1 aliphatic heterocycles. The van der Waals surface area contributed by atoms with E-state index < -0.39 is 19.1 Å². The third-order valence-electron chi connectivity index (χ3n) is 4.28. The quantitative estimate of drug-likeness (QED) is 0.534. The van der Waals surface area contributed by atoms with Crippen LogP contribution in [0.2, 0.25) is 0 Å². The lowest BCUT2D eigenvalue weighted by Gasteiger charge is -2.20. The third kappa shape index (κ3) is 3.74. The van der Waals surface area contributed by atoms with Crippen molar-refractivity contribution in [1.29, 1.82) is 0 Å². The summed E-state index contributed by atoms with van der Waals surface area (Å²) in [6.45, 7) is 5.76. The van der Waals surface area contributed by atoms with E-state index >= 15 is 0 Å². The Labute approximate surface area is 158 Å². The van der Waals surface area contributed by atoms with Gasteiger partial charge in [0.1, 0.15) is 0 Å². The second kappa shape index (κ2) is 7.77. The van der Waals surface area contributed by atoms with Crippen LogP contribution < -0.4 is 5.30 Å². The molecule has 0 N–H and O–H groups in total. The molecule has 0 unspecified atom stereocenters. The molecule has 0 aliphatic carbocycles. The van der Waals surface area contributed by atoms with Crippen LogP contribution in [0.15, 0.2) is 59.6 Å². The number of carbonyl (C=O) groups is 1. The number of nitrogens with zero attached hydrogens (tertiary/aromatic N) is 1. The van der Waals surface area contributed by atoms with Crippen molar-refractivity contribution in [1.82, 2.24) is 0 Å². The lowest BCUT2D eigenvalue weighted by molar-refractivity contribution is -0.138. The highest BCUT2D eigenvalue weighted by molar-refractivity contribution is 7.62. The molecule has 0 saturated carbocycles. The monoisotopic (exact) mass is 387 g/mol. The van der Waals surface area contributed by atoms with Gasteiger partial charge in [0.2, 0.25) is 5.90 Å². The van der Waals surface area contributed by atoms with Crippen molar-refractivity contribution in [3.63, 3.8) is 0 Å². The molecule has 6 nitrogen and oxygen atoms in total. The standard InChI is InChI=1S/C20H22NO5P/c1-4-24-27(23,25-5-2)17-13-11-16(12-14-17)20(3)19(22)26-18(21-20)15-9-7-6-8-10-15/h6-14H,4-5H2,1-3H3/t20-/m1/s1. The highest BCUT2D eigenvalue weighted by Crippen LogP contribution is 2.47. The summed E-state index contributed by atoms with van der Waals surface area (Å²) in [4.78, 5) is 17.0. The van der Waals surface area contributed by atoms with Gasteiger partial charge in [0.25, 0.3) is 0 Å². The normalized spacial score (nSPS) is 19.7. The zero-order valence-electron chi connectivity index (χ0n) is 15.5. The van der Waals surface area contributed by atoms with Gasteiger partial charge in [-0.3, -0.25) is 4.57 Å². The number of aliphatic imine (C=N–C) groups is 1. The van der Waals surface area contributed by atoms with Gasteiger partial charge in [-0.05, 0) is 50.6 Å². The lowest BCUT2D eigenvalue weighted by atomic mass is 9.93. The molecule has 2 aromatic rings. The van der Waals surface area contributed by atoms with Gasteiger partial charge in [-0.1, -0.05) is 30.3 Å². The first-order valence-electron chi connectivity index (χ1n) is 8.80. The summed E-state index contributed by atoms with van der Waals surface area (Å²) in [6.07, 6.45) is 0. The number of cyclic esters (lactones) is 1. The Morgan fingerprint density at radius 3 is 2.15 bits per heavy atom. The van der Waals surface area contributed by atoms with Crippen molar-refractivity contribution in [2.45, 2.75) is 26.3 Å². The van der Waals surface area contributed by atoms with E-state index in [1.54, 1.807) is 45.0 Å². The summed E-state index contributed by atoms with van der Waals surface area (Å²) in [5.41, 5.74) is 0.218. The molecule has 3 rings (SSSR count). The van der Waals surface area contributed by atoms with Crippen molar-refractivity contribution in [3.05, 3.63) is 65.7 Å². The van der Waals surface area contributed by atoms with E-state index in [0.29, 0.717) is 16.8 Å². The first kappa shape index (κ1) is 19.5. The Morgan fingerprint density at radius 2 is 1.59 bits per heavy atom. The maximum Gasteiger partial charge on any atom is 0.361 e. The van der Waals surface area contributed by atoms with E-state index in [4.69, 9.17) is 13.8 Å². The maximum absolute atomic E-state index is 12.9. The molecule has 1 aliphatic rings. The van der Waals surface area contributed by atoms with Crippen molar-refractivity contribution < 1.29 is 23.1 Å². The number of carbonyl (C=O) groups excluding carboxylic acids is 1. The Morgan fingerprint density at radius 1 is 1.00 bits per heavy atom. The molecule has 0 aromatic heterocycles. The van der Waals surface area contributed by atoms with Crippen LogP contribution in [0.1, 0.15) is 31.9 Å². The number of rotatable bonds is 7. The largest absolute Gasteiger partial charge is 0.405 e.